The summed E-state index contributed by atoms with van der Waals surface area (Å²) in [6, 6.07) is 1.54. The van der Waals surface area contributed by atoms with E-state index < -0.39 is 23.2 Å². The number of hydrogen-bond donors (Lipinski definition) is 1. The molecule has 0 fully saturated rings. The maximum absolute atomic E-state index is 13.5. The molecule has 7 heteroatoms. The molecule has 5 nitrogen and oxygen atoms in total. The molecule has 1 rings (SSSR count). The molecule has 0 aliphatic carbocycles. The molecule has 0 radical (unpaired) electrons. The first-order chi connectivity index (χ1) is 8.86. The molecule has 0 saturated carbocycles. The highest BCUT2D eigenvalue weighted by Crippen LogP contribution is 2.20. The average Bonchev–Trinajstić information content (AvgIpc) is 2.36. The number of ether oxygens (including phenoxy) is 1. The fraction of sp³-hybridized carbons (Fsp3) is 0.333. The lowest BCUT2D eigenvalue weighted by molar-refractivity contribution is -0.126. The first-order valence-electron chi connectivity index (χ1n) is 5.38. The molecule has 104 valence electrons. The number of nitrogens with zero attached hydrogens (tertiary/aromatic N) is 1. The Hall–Kier alpha value is -2.18. The Morgan fingerprint density at radius 1 is 1.26 bits per heavy atom. The van der Waals surface area contributed by atoms with Crippen molar-refractivity contribution in [3.8, 4) is 0 Å². The van der Waals surface area contributed by atoms with Crippen LogP contribution in [0.3, 0.4) is 0 Å². The van der Waals surface area contributed by atoms with Gasteiger partial charge in [0.25, 0.3) is 0 Å². The molecule has 0 unspecified atom stereocenters. The van der Waals surface area contributed by atoms with Crippen molar-refractivity contribution in [3.05, 3.63) is 29.3 Å². The van der Waals surface area contributed by atoms with Crippen molar-refractivity contribution in [3.63, 3.8) is 0 Å². The van der Waals surface area contributed by atoms with E-state index in [-0.39, 0.29) is 18.1 Å². The normalized spacial score (nSPS) is 9.95. The Labute approximate surface area is 109 Å². The Morgan fingerprint density at radius 2 is 1.89 bits per heavy atom. The maximum Gasteiger partial charge on any atom is 0.340 e. The van der Waals surface area contributed by atoms with Crippen molar-refractivity contribution in [1.29, 1.82) is 0 Å². The van der Waals surface area contributed by atoms with E-state index in [1.54, 1.807) is 14.1 Å². The van der Waals surface area contributed by atoms with Crippen LogP contribution in [0.25, 0.3) is 0 Å². The van der Waals surface area contributed by atoms with E-state index in [0.29, 0.717) is 6.07 Å². The number of rotatable bonds is 4. The van der Waals surface area contributed by atoms with Gasteiger partial charge in [0.05, 0.1) is 24.9 Å². The minimum absolute atomic E-state index is 0.142. The van der Waals surface area contributed by atoms with Gasteiger partial charge in [0.15, 0.2) is 0 Å². The van der Waals surface area contributed by atoms with E-state index in [9.17, 15) is 18.4 Å². The van der Waals surface area contributed by atoms with Crippen LogP contribution >= 0.6 is 0 Å². The van der Waals surface area contributed by atoms with Crippen LogP contribution in [0, 0.1) is 11.6 Å². The van der Waals surface area contributed by atoms with E-state index in [4.69, 9.17) is 0 Å². The molecule has 0 aliphatic rings. The zero-order chi connectivity index (χ0) is 14.6. The Balaban J connectivity index is 2.95. The molecule has 0 saturated heterocycles. The van der Waals surface area contributed by atoms with Crippen molar-refractivity contribution >= 4 is 17.6 Å². The molecule has 1 aromatic rings. The van der Waals surface area contributed by atoms with Crippen molar-refractivity contribution in [2.24, 2.45) is 0 Å². The molecule has 1 amide bonds. The van der Waals surface area contributed by atoms with Crippen molar-refractivity contribution in [1.82, 2.24) is 4.90 Å². The van der Waals surface area contributed by atoms with Gasteiger partial charge in [-0.2, -0.15) is 0 Å². The number of benzene rings is 1. The van der Waals surface area contributed by atoms with Gasteiger partial charge >= 0.3 is 5.97 Å². The highest BCUT2D eigenvalue weighted by Gasteiger charge is 2.17. The SMILES string of the molecule is COC(=O)c1cc(NCC(=O)N(C)C)c(F)cc1F. The van der Waals surface area contributed by atoms with E-state index >= 15 is 0 Å². The Kier molecular flexibility index (Phi) is 4.80. The van der Waals surface area contributed by atoms with Gasteiger partial charge in [-0.15, -0.1) is 0 Å². The first kappa shape index (κ1) is 14.9. The molecule has 0 bridgehead atoms. The predicted octanol–water partition coefficient (Wildman–Crippen LogP) is 1.25. The van der Waals surface area contributed by atoms with Gasteiger partial charge in [0, 0.05) is 20.2 Å². The number of hydrogen-bond acceptors (Lipinski definition) is 4. The topological polar surface area (TPSA) is 58.6 Å². The third kappa shape index (κ3) is 3.64. The van der Waals surface area contributed by atoms with Gasteiger partial charge in [-0.1, -0.05) is 0 Å². The number of carbonyl (C=O) groups excluding carboxylic acids is 2. The van der Waals surface area contributed by atoms with Gasteiger partial charge < -0.3 is 15.0 Å². The largest absolute Gasteiger partial charge is 0.465 e. The van der Waals surface area contributed by atoms with Crippen molar-refractivity contribution < 1.29 is 23.1 Å². The average molecular weight is 272 g/mol. The van der Waals surface area contributed by atoms with Crippen LogP contribution < -0.4 is 5.32 Å². The zero-order valence-corrected chi connectivity index (χ0v) is 10.8. The van der Waals surface area contributed by atoms with E-state index in [1.807, 2.05) is 0 Å². The highest BCUT2D eigenvalue weighted by molar-refractivity contribution is 5.91. The van der Waals surface area contributed by atoms with Crippen LogP contribution in [0.15, 0.2) is 12.1 Å². The van der Waals surface area contributed by atoms with Gasteiger partial charge in [-0.3, -0.25) is 4.79 Å². The fourth-order valence-electron chi connectivity index (χ4n) is 1.28. The molecule has 1 aromatic carbocycles. The summed E-state index contributed by atoms with van der Waals surface area (Å²) in [4.78, 5) is 23.9. The lowest BCUT2D eigenvalue weighted by Crippen LogP contribution is -2.28. The zero-order valence-electron chi connectivity index (χ0n) is 10.8. The summed E-state index contributed by atoms with van der Waals surface area (Å²) in [6.45, 7) is -0.170. The number of methoxy groups -OCH3 is 1. The van der Waals surface area contributed by atoms with E-state index in [1.165, 1.54) is 4.90 Å². The second kappa shape index (κ2) is 6.12. The lowest BCUT2D eigenvalue weighted by atomic mass is 10.1. The van der Waals surface area contributed by atoms with Gasteiger partial charge in [-0.25, -0.2) is 13.6 Å². The summed E-state index contributed by atoms with van der Waals surface area (Å²) in [5.41, 5.74) is -0.541. The monoisotopic (exact) mass is 272 g/mol. The Bertz CT molecular complexity index is 504. The van der Waals surface area contributed by atoms with E-state index in [2.05, 4.69) is 10.1 Å². The molecule has 0 aromatic heterocycles. The smallest absolute Gasteiger partial charge is 0.340 e. The predicted molar refractivity (Wildman–Crippen MR) is 64.9 cm³/mol. The van der Waals surface area contributed by atoms with Crippen molar-refractivity contribution in [2.75, 3.05) is 33.1 Å². The summed E-state index contributed by atoms with van der Waals surface area (Å²) < 4.78 is 31.2. The summed E-state index contributed by atoms with van der Waals surface area (Å²) >= 11 is 0. The maximum atomic E-state index is 13.5. The first-order valence-corrected chi connectivity index (χ1v) is 5.38. The number of halogens is 2. The number of carbonyl (C=O) groups is 2. The fourth-order valence-corrected chi connectivity index (χ4v) is 1.28. The number of anilines is 1. The third-order valence-electron chi connectivity index (χ3n) is 2.39. The third-order valence-corrected chi connectivity index (χ3v) is 2.39. The summed E-state index contributed by atoms with van der Waals surface area (Å²) in [5, 5.41) is 2.50. The second-order valence-electron chi connectivity index (χ2n) is 3.95. The minimum atomic E-state index is -1.02. The van der Waals surface area contributed by atoms with Crippen LogP contribution in [0.5, 0.6) is 0 Å². The van der Waals surface area contributed by atoms with Crippen molar-refractivity contribution in [2.45, 2.75) is 0 Å². The van der Waals surface area contributed by atoms with Gasteiger partial charge in [0.1, 0.15) is 11.6 Å². The minimum Gasteiger partial charge on any atom is -0.465 e. The molecule has 19 heavy (non-hydrogen) atoms. The molecular weight excluding hydrogens is 258 g/mol. The van der Waals surface area contributed by atoms with E-state index in [0.717, 1.165) is 13.2 Å². The molecule has 0 aliphatic heterocycles. The summed E-state index contributed by atoms with van der Waals surface area (Å²) in [6.07, 6.45) is 0. The molecule has 0 heterocycles. The quantitative estimate of drug-likeness (QED) is 0.838. The number of nitrogens with one attached hydrogen (secondary N) is 1. The van der Waals surface area contributed by atoms with Crippen LogP contribution in [0.2, 0.25) is 0 Å². The van der Waals surface area contributed by atoms with Crippen LogP contribution in [-0.2, 0) is 9.53 Å². The molecule has 0 spiro atoms. The highest BCUT2D eigenvalue weighted by atomic mass is 19.1. The Morgan fingerprint density at radius 3 is 2.42 bits per heavy atom. The lowest BCUT2D eigenvalue weighted by Gasteiger charge is -2.13. The van der Waals surface area contributed by atoms with Crippen LogP contribution in [0.1, 0.15) is 10.4 Å². The second-order valence-corrected chi connectivity index (χ2v) is 3.95. The van der Waals surface area contributed by atoms with Gasteiger partial charge in [-0.05, 0) is 6.07 Å². The van der Waals surface area contributed by atoms with Crippen LogP contribution in [-0.4, -0.2) is 44.5 Å². The summed E-state index contributed by atoms with van der Waals surface area (Å²) in [7, 11) is 4.18. The van der Waals surface area contributed by atoms with Crippen LogP contribution in [0.4, 0.5) is 14.5 Å². The molecular formula is C12H14F2N2O3. The molecule has 1 N–H and O–H groups in total. The van der Waals surface area contributed by atoms with Gasteiger partial charge in [0.2, 0.25) is 5.91 Å². The number of likely N-dealkylation sites (N-methyl/N-ethyl adjacent to an activating group) is 1. The number of esters is 1. The molecule has 0 atom stereocenters. The number of amides is 1. The summed E-state index contributed by atoms with van der Waals surface area (Å²) in [5.74, 6) is -3.12. The standard InChI is InChI=1S/C12H14F2N2O3/c1-16(2)11(17)6-15-10-4-7(12(18)19-3)8(13)5-9(10)14/h4-5,15H,6H2,1-3H3.